The number of carboxylic acids is 1. The van der Waals surface area contributed by atoms with Crippen LogP contribution in [0.4, 0.5) is 18.9 Å². The average molecular weight is 259 g/mol. The number of halogens is 3. The number of alkyl halides is 3. The fourth-order valence-electron chi connectivity index (χ4n) is 1.16. The van der Waals surface area contributed by atoms with Crippen molar-refractivity contribution < 1.29 is 27.9 Å². The second-order valence-electron chi connectivity index (χ2n) is 3.20. The van der Waals surface area contributed by atoms with E-state index < -0.39 is 29.3 Å². The molecule has 18 heavy (non-hydrogen) atoms. The maximum absolute atomic E-state index is 12.5. The Morgan fingerprint density at radius 2 is 1.78 bits per heavy atom. The van der Waals surface area contributed by atoms with Crippen LogP contribution in [0.5, 0.6) is 0 Å². The summed E-state index contributed by atoms with van der Waals surface area (Å²) >= 11 is 0. The summed E-state index contributed by atoms with van der Waals surface area (Å²) in [5, 5.41) is 10.2. The van der Waals surface area contributed by atoms with Crippen molar-refractivity contribution in [3.8, 4) is 0 Å². The van der Waals surface area contributed by atoms with Gasteiger partial charge in [-0.3, -0.25) is 4.79 Å². The van der Waals surface area contributed by atoms with Crippen LogP contribution in [0.1, 0.15) is 5.56 Å². The minimum atomic E-state index is -4.60. The van der Waals surface area contributed by atoms with E-state index in [0.29, 0.717) is 12.2 Å². The van der Waals surface area contributed by atoms with Crippen LogP contribution in [0.15, 0.2) is 36.4 Å². The maximum atomic E-state index is 12.5. The van der Waals surface area contributed by atoms with E-state index in [0.717, 1.165) is 12.1 Å². The molecule has 0 saturated heterocycles. The molecule has 1 rings (SSSR count). The zero-order valence-corrected chi connectivity index (χ0v) is 8.86. The highest BCUT2D eigenvalue weighted by molar-refractivity contribution is 6.02. The number of hydrogen-bond acceptors (Lipinski definition) is 2. The first-order valence-electron chi connectivity index (χ1n) is 4.69. The fraction of sp³-hybridized carbons (Fsp3) is 0.0909. The Balaban J connectivity index is 2.92. The largest absolute Gasteiger partial charge is 0.478 e. The summed E-state index contributed by atoms with van der Waals surface area (Å²) in [6.07, 6.45) is -3.43. The highest BCUT2D eigenvalue weighted by Crippen LogP contribution is 2.34. The molecule has 4 nitrogen and oxygen atoms in total. The Bertz CT molecular complexity index is 495. The van der Waals surface area contributed by atoms with Crippen molar-refractivity contribution in [1.82, 2.24) is 0 Å². The third-order valence-corrected chi connectivity index (χ3v) is 1.87. The summed E-state index contributed by atoms with van der Waals surface area (Å²) in [7, 11) is 0. The molecule has 1 aromatic carbocycles. The molecule has 7 heteroatoms. The first kappa shape index (κ1) is 13.8. The zero-order chi connectivity index (χ0) is 13.8. The van der Waals surface area contributed by atoms with Crippen LogP contribution in [0.2, 0.25) is 0 Å². The van der Waals surface area contributed by atoms with E-state index in [4.69, 9.17) is 5.11 Å². The third-order valence-electron chi connectivity index (χ3n) is 1.87. The van der Waals surface area contributed by atoms with Gasteiger partial charge in [0.25, 0.3) is 0 Å². The lowest BCUT2D eigenvalue weighted by Gasteiger charge is -2.12. The molecule has 0 bridgehead atoms. The van der Waals surface area contributed by atoms with Crippen LogP contribution in [0.25, 0.3) is 0 Å². The Kier molecular flexibility index (Phi) is 4.09. The second-order valence-corrected chi connectivity index (χ2v) is 3.20. The number of amides is 1. The molecule has 0 aromatic heterocycles. The number of benzene rings is 1. The molecule has 0 atom stereocenters. The van der Waals surface area contributed by atoms with E-state index in [2.05, 4.69) is 0 Å². The Labute approximate surface area is 99.7 Å². The van der Waals surface area contributed by atoms with Gasteiger partial charge in [-0.15, -0.1) is 0 Å². The van der Waals surface area contributed by atoms with Gasteiger partial charge in [-0.05, 0) is 12.1 Å². The molecule has 0 aliphatic carbocycles. The molecular formula is C11H8F3NO3. The average Bonchev–Trinajstić information content (AvgIpc) is 2.25. The molecule has 0 saturated carbocycles. The van der Waals surface area contributed by atoms with Gasteiger partial charge in [0.2, 0.25) is 5.91 Å². The van der Waals surface area contributed by atoms with E-state index in [-0.39, 0.29) is 0 Å². The van der Waals surface area contributed by atoms with E-state index >= 15 is 0 Å². The number of anilines is 1. The summed E-state index contributed by atoms with van der Waals surface area (Å²) in [6.45, 7) is 0. The number of carbonyl (C=O) groups excluding carboxylic acids is 1. The highest BCUT2D eigenvalue weighted by Gasteiger charge is 2.33. The lowest BCUT2D eigenvalue weighted by atomic mass is 10.1. The molecule has 0 aliphatic rings. The zero-order valence-electron chi connectivity index (χ0n) is 8.86. The van der Waals surface area contributed by atoms with Crippen LogP contribution >= 0.6 is 0 Å². The minimum absolute atomic E-state index is 0.426. The van der Waals surface area contributed by atoms with Crippen molar-refractivity contribution in [2.45, 2.75) is 6.18 Å². The van der Waals surface area contributed by atoms with Crippen molar-refractivity contribution in [1.29, 1.82) is 0 Å². The van der Waals surface area contributed by atoms with E-state index in [1.165, 1.54) is 12.1 Å². The number of rotatable bonds is 3. The Morgan fingerprint density at radius 3 is 2.33 bits per heavy atom. The van der Waals surface area contributed by atoms with Gasteiger partial charge in [0.05, 0.1) is 11.3 Å². The maximum Gasteiger partial charge on any atom is 0.418 e. The van der Waals surface area contributed by atoms with E-state index in [9.17, 15) is 22.8 Å². The monoisotopic (exact) mass is 259 g/mol. The summed E-state index contributed by atoms with van der Waals surface area (Å²) in [5.41, 5.74) is -1.42. The van der Waals surface area contributed by atoms with Gasteiger partial charge in [0.15, 0.2) is 0 Å². The third kappa shape index (κ3) is 3.93. The summed E-state index contributed by atoms with van der Waals surface area (Å²) < 4.78 is 37.6. The van der Waals surface area contributed by atoms with Gasteiger partial charge < -0.3 is 10.4 Å². The molecule has 0 unspecified atom stereocenters. The summed E-state index contributed by atoms with van der Waals surface area (Å²) in [6, 6.07) is 4.41. The Morgan fingerprint density at radius 1 is 1.17 bits per heavy atom. The van der Waals surface area contributed by atoms with Crippen LogP contribution in [0, 0.1) is 0 Å². The van der Waals surface area contributed by atoms with E-state index in [1.54, 1.807) is 0 Å². The van der Waals surface area contributed by atoms with Crippen LogP contribution < -0.4 is 5.32 Å². The van der Waals surface area contributed by atoms with Gasteiger partial charge in [0, 0.05) is 12.2 Å². The molecule has 0 fully saturated rings. The fourth-order valence-corrected chi connectivity index (χ4v) is 1.16. The molecular weight excluding hydrogens is 251 g/mol. The van der Waals surface area contributed by atoms with Gasteiger partial charge in [0.1, 0.15) is 0 Å². The lowest BCUT2D eigenvalue weighted by molar-refractivity contribution is -0.137. The molecule has 0 spiro atoms. The first-order chi connectivity index (χ1) is 8.30. The molecule has 0 radical (unpaired) electrons. The van der Waals surface area contributed by atoms with E-state index in [1.807, 2.05) is 5.32 Å². The summed E-state index contributed by atoms with van der Waals surface area (Å²) in [4.78, 5) is 21.3. The molecule has 1 aromatic rings. The number of carbonyl (C=O) groups is 2. The first-order valence-corrected chi connectivity index (χ1v) is 4.69. The van der Waals surface area contributed by atoms with Crippen molar-refractivity contribution in [3.05, 3.63) is 42.0 Å². The molecule has 96 valence electrons. The van der Waals surface area contributed by atoms with Crippen molar-refractivity contribution >= 4 is 17.6 Å². The number of para-hydroxylation sites is 1. The Hall–Kier alpha value is -2.31. The van der Waals surface area contributed by atoms with Crippen LogP contribution in [0.3, 0.4) is 0 Å². The number of carboxylic acid groups (broad SMARTS) is 1. The highest BCUT2D eigenvalue weighted by atomic mass is 19.4. The van der Waals surface area contributed by atoms with Crippen molar-refractivity contribution in [2.24, 2.45) is 0 Å². The minimum Gasteiger partial charge on any atom is -0.478 e. The summed E-state index contributed by atoms with van der Waals surface area (Å²) in [5.74, 6) is -2.32. The lowest BCUT2D eigenvalue weighted by Crippen LogP contribution is -2.14. The predicted molar refractivity (Wildman–Crippen MR) is 56.8 cm³/mol. The molecule has 2 N–H and O–H groups in total. The second kappa shape index (κ2) is 5.35. The van der Waals surface area contributed by atoms with Crippen LogP contribution in [-0.4, -0.2) is 17.0 Å². The molecule has 1 amide bonds. The quantitative estimate of drug-likeness (QED) is 0.818. The molecule has 0 aliphatic heterocycles. The van der Waals surface area contributed by atoms with Crippen LogP contribution in [-0.2, 0) is 15.8 Å². The van der Waals surface area contributed by atoms with Crippen molar-refractivity contribution in [2.75, 3.05) is 5.32 Å². The topological polar surface area (TPSA) is 66.4 Å². The smallest absolute Gasteiger partial charge is 0.418 e. The van der Waals surface area contributed by atoms with Crippen molar-refractivity contribution in [3.63, 3.8) is 0 Å². The van der Waals surface area contributed by atoms with Gasteiger partial charge in [-0.1, -0.05) is 12.1 Å². The van der Waals surface area contributed by atoms with Gasteiger partial charge in [-0.25, -0.2) is 4.79 Å². The standard InChI is InChI=1S/C11H8F3NO3/c12-11(13,14)7-3-1-2-4-8(7)15-9(16)5-6-10(17)18/h1-6H,(H,15,16)(H,17,18). The normalized spacial score (nSPS) is 11.5. The van der Waals surface area contributed by atoms with Gasteiger partial charge in [-0.2, -0.15) is 13.2 Å². The number of nitrogens with one attached hydrogen (secondary N) is 1. The molecule has 0 heterocycles. The SMILES string of the molecule is O=C(O)C=CC(=O)Nc1ccccc1C(F)(F)F. The number of hydrogen-bond donors (Lipinski definition) is 2. The number of aliphatic carboxylic acids is 1. The predicted octanol–water partition coefficient (Wildman–Crippen LogP) is 2.28. The van der Waals surface area contributed by atoms with Gasteiger partial charge >= 0.3 is 12.1 Å².